The maximum absolute atomic E-state index is 12.3. The third-order valence-corrected chi connectivity index (χ3v) is 3.34. The van der Waals surface area contributed by atoms with Crippen LogP contribution in [-0.4, -0.2) is 9.78 Å². The topological polar surface area (TPSA) is 37.8 Å². The van der Waals surface area contributed by atoms with Gasteiger partial charge in [0.05, 0.1) is 11.3 Å². The Balaban J connectivity index is 2.72. The smallest absolute Gasteiger partial charge is 0.272 e. The van der Waals surface area contributed by atoms with Crippen molar-refractivity contribution >= 4 is 0 Å². The van der Waals surface area contributed by atoms with Gasteiger partial charge in [-0.3, -0.25) is 14.6 Å². The van der Waals surface area contributed by atoms with E-state index in [1.54, 1.807) is 0 Å². The van der Waals surface area contributed by atoms with Gasteiger partial charge < -0.3 is 0 Å². The van der Waals surface area contributed by atoms with Crippen LogP contribution in [0.3, 0.4) is 0 Å². The van der Waals surface area contributed by atoms with Gasteiger partial charge in [-0.2, -0.15) is 0 Å². The van der Waals surface area contributed by atoms with E-state index in [2.05, 4.69) is 32.8 Å². The summed E-state index contributed by atoms with van der Waals surface area (Å²) in [6.07, 6.45) is 0. The molecule has 3 nitrogen and oxygen atoms in total. The molecule has 0 aliphatic rings. The number of benzene rings is 1. The second kappa shape index (κ2) is 4.72. The highest BCUT2D eigenvalue weighted by molar-refractivity contribution is 5.66. The molecule has 0 aliphatic heterocycles. The van der Waals surface area contributed by atoms with Crippen molar-refractivity contribution in [2.24, 2.45) is 0 Å². The zero-order valence-corrected chi connectivity index (χ0v) is 12.4. The van der Waals surface area contributed by atoms with Crippen LogP contribution in [0.5, 0.6) is 0 Å². The number of rotatable bonds is 2. The van der Waals surface area contributed by atoms with E-state index in [-0.39, 0.29) is 11.0 Å². The molecule has 2 aromatic rings. The molecule has 2 rings (SSSR count). The largest absolute Gasteiger partial charge is 0.288 e. The van der Waals surface area contributed by atoms with E-state index >= 15 is 0 Å². The highest BCUT2D eigenvalue weighted by atomic mass is 16.1. The Hall–Kier alpha value is -1.77. The number of aromatic nitrogens is 2. The lowest BCUT2D eigenvalue weighted by molar-refractivity contribution is 0.498. The van der Waals surface area contributed by atoms with Crippen LogP contribution < -0.4 is 5.56 Å². The maximum atomic E-state index is 12.3. The molecule has 0 spiro atoms. The van der Waals surface area contributed by atoms with Crippen molar-refractivity contribution in [1.29, 1.82) is 0 Å². The summed E-state index contributed by atoms with van der Waals surface area (Å²) in [6, 6.07) is 8.14. The monoisotopic (exact) mass is 258 g/mol. The van der Waals surface area contributed by atoms with Crippen LogP contribution >= 0.6 is 0 Å². The molecule has 0 aliphatic carbocycles. The molecule has 0 bridgehead atoms. The van der Waals surface area contributed by atoms with Gasteiger partial charge in [0.15, 0.2) is 0 Å². The third-order valence-electron chi connectivity index (χ3n) is 3.34. The van der Waals surface area contributed by atoms with Crippen molar-refractivity contribution in [3.05, 3.63) is 45.9 Å². The predicted molar refractivity (Wildman–Crippen MR) is 79.6 cm³/mol. The molecule has 102 valence electrons. The summed E-state index contributed by atoms with van der Waals surface area (Å²) in [6.45, 7) is 11.3. The maximum Gasteiger partial charge on any atom is 0.272 e. The molecule has 0 amide bonds. The second-order valence-corrected chi connectivity index (χ2v) is 6.02. The quantitative estimate of drug-likeness (QED) is 0.880. The minimum atomic E-state index is -0.0740. The first-order valence-electron chi connectivity index (χ1n) is 6.75. The first-order chi connectivity index (χ1) is 8.84. The van der Waals surface area contributed by atoms with Gasteiger partial charge in [-0.1, -0.05) is 50.6 Å². The van der Waals surface area contributed by atoms with Crippen molar-refractivity contribution in [2.45, 2.75) is 46.6 Å². The fraction of sp³-hybridized carbons (Fsp3) is 0.438. The Bertz CT molecular complexity index is 624. The Morgan fingerprint density at radius 3 is 2.21 bits per heavy atom. The second-order valence-electron chi connectivity index (χ2n) is 6.02. The van der Waals surface area contributed by atoms with Crippen molar-refractivity contribution in [3.8, 4) is 11.1 Å². The highest BCUT2D eigenvalue weighted by Gasteiger charge is 2.26. The molecular formula is C16H22N2O. The van der Waals surface area contributed by atoms with Gasteiger partial charge in [0.1, 0.15) is 0 Å². The molecule has 3 heteroatoms. The molecule has 19 heavy (non-hydrogen) atoms. The molecule has 0 saturated heterocycles. The summed E-state index contributed by atoms with van der Waals surface area (Å²) in [7, 11) is 0. The normalized spacial score (nSPS) is 11.8. The van der Waals surface area contributed by atoms with Crippen LogP contribution in [0.4, 0.5) is 0 Å². The number of hydrogen-bond acceptors (Lipinski definition) is 1. The van der Waals surface area contributed by atoms with E-state index in [0.717, 1.165) is 23.4 Å². The van der Waals surface area contributed by atoms with Crippen molar-refractivity contribution in [2.75, 3.05) is 0 Å². The van der Waals surface area contributed by atoms with Crippen molar-refractivity contribution in [1.82, 2.24) is 9.78 Å². The summed E-state index contributed by atoms with van der Waals surface area (Å²) >= 11 is 0. The van der Waals surface area contributed by atoms with E-state index in [4.69, 9.17) is 0 Å². The molecule has 0 fully saturated rings. The lowest BCUT2D eigenvalue weighted by Crippen LogP contribution is -2.19. The van der Waals surface area contributed by atoms with Crippen LogP contribution in [0.25, 0.3) is 11.1 Å². The number of nitrogens with zero attached hydrogens (tertiary/aromatic N) is 1. The summed E-state index contributed by atoms with van der Waals surface area (Å²) < 4.78 is 1.96. The van der Waals surface area contributed by atoms with Crippen molar-refractivity contribution in [3.63, 3.8) is 0 Å². The number of aryl methyl sites for hydroxylation is 2. The minimum absolute atomic E-state index is 0.00405. The van der Waals surface area contributed by atoms with Gasteiger partial charge in [-0.05, 0) is 19.4 Å². The zero-order valence-electron chi connectivity index (χ0n) is 12.4. The summed E-state index contributed by atoms with van der Waals surface area (Å²) in [5, 5.41) is 2.94. The first-order valence-corrected chi connectivity index (χ1v) is 6.75. The lowest BCUT2D eigenvalue weighted by atomic mass is 9.87. The molecule has 0 radical (unpaired) electrons. The van der Waals surface area contributed by atoms with E-state index < -0.39 is 0 Å². The van der Waals surface area contributed by atoms with Crippen molar-refractivity contribution < 1.29 is 0 Å². The van der Waals surface area contributed by atoms with Gasteiger partial charge in [0.2, 0.25) is 0 Å². The Kier molecular flexibility index (Phi) is 3.40. The lowest BCUT2D eigenvalue weighted by Gasteiger charge is -2.22. The van der Waals surface area contributed by atoms with E-state index in [0.29, 0.717) is 0 Å². The summed E-state index contributed by atoms with van der Waals surface area (Å²) in [5.74, 6) is 0. The Morgan fingerprint density at radius 1 is 1.16 bits per heavy atom. The number of hydrogen-bond donors (Lipinski definition) is 1. The number of H-pyrrole nitrogens is 1. The van der Waals surface area contributed by atoms with Crippen LogP contribution in [0, 0.1) is 6.92 Å². The van der Waals surface area contributed by atoms with Gasteiger partial charge in [0.25, 0.3) is 5.56 Å². The van der Waals surface area contributed by atoms with Crippen LogP contribution in [-0.2, 0) is 12.0 Å². The van der Waals surface area contributed by atoms with Gasteiger partial charge in [-0.15, -0.1) is 0 Å². The van der Waals surface area contributed by atoms with Gasteiger partial charge >= 0.3 is 0 Å². The van der Waals surface area contributed by atoms with E-state index in [1.165, 1.54) is 5.56 Å². The molecule has 1 heterocycles. The molecule has 1 aromatic carbocycles. The van der Waals surface area contributed by atoms with E-state index in [1.807, 2.05) is 35.9 Å². The van der Waals surface area contributed by atoms with Crippen LogP contribution in [0.15, 0.2) is 29.1 Å². The standard InChI is InChI=1S/C16H22N2O/c1-6-18-14(16(3,4)5)13(15(19)17-18)12-9-7-11(2)8-10-12/h7-10H,6H2,1-5H3,(H,17,19). The fourth-order valence-corrected chi connectivity index (χ4v) is 2.48. The van der Waals surface area contributed by atoms with Gasteiger partial charge in [-0.25, -0.2) is 0 Å². The third kappa shape index (κ3) is 2.50. The number of aromatic amines is 1. The molecule has 1 N–H and O–H groups in total. The first kappa shape index (κ1) is 13.7. The predicted octanol–water partition coefficient (Wildman–Crippen LogP) is 3.47. The minimum Gasteiger partial charge on any atom is -0.288 e. The molecule has 0 unspecified atom stereocenters. The molecule has 0 atom stereocenters. The summed E-state index contributed by atoms with van der Waals surface area (Å²) in [5.41, 5.74) is 3.99. The average molecular weight is 258 g/mol. The molecule has 0 saturated carbocycles. The van der Waals surface area contributed by atoms with Gasteiger partial charge in [0, 0.05) is 12.0 Å². The summed E-state index contributed by atoms with van der Waals surface area (Å²) in [4.78, 5) is 12.3. The Morgan fingerprint density at radius 2 is 1.74 bits per heavy atom. The van der Waals surface area contributed by atoms with E-state index in [9.17, 15) is 4.79 Å². The molecule has 1 aromatic heterocycles. The Labute approximate surface area is 114 Å². The SMILES string of the molecule is CCn1[nH]c(=O)c(-c2ccc(C)cc2)c1C(C)(C)C. The zero-order chi connectivity index (χ0) is 14.2. The highest BCUT2D eigenvalue weighted by Crippen LogP contribution is 2.30. The molecular weight excluding hydrogens is 236 g/mol. The number of nitrogens with one attached hydrogen (secondary N) is 1. The van der Waals surface area contributed by atoms with Crippen LogP contribution in [0.2, 0.25) is 0 Å². The average Bonchev–Trinajstić information content (AvgIpc) is 2.67. The van der Waals surface area contributed by atoms with Crippen LogP contribution in [0.1, 0.15) is 39.0 Å². The fourth-order valence-electron chi connectivity index (χ4n) is 2.48.